The van der Waals surface area contributed by atoms with Crippen LogP contribution in [0.3, 0.4) is 0 Å². The highest BCUT2D eigenvalue weighted by molar-refractivity contribution is 9.10. The first kappa shape index (κ1) is 15.3. The van der Waals surface area contributed by atoms with Crippen LogP contribution in [0.5, 0.6) is 0 Å². The summed E-state index contributed by atoms with van der Waals surface area (Å²) < 4.78 is 1.02. The third kappa shape index (κ3) is 3.77. The smallest absolute Gasteiger partial charge is 0.229 e. The van der Waals surface area contributed by atoms with Gasteiger partial charge in [-0.05, 0) is 59.5 Å². The molecule has 1 aliphatic rings. The minimum absolute atomic E-state index is 0.645. The quantitative estimate of drug-likeness (QED) is 0.863. The van der Waals surface area contributed by atoms with Crippen molar-refractivity contribution in [2.45, 2.75) is 32.6 Å². The summed E-state index contributed by atoms with van der Waals surface area (Å²) in [4.78, 5) is 11.4. The van der Waals surface area contributed by atoms with Gasteiger partial charge in [0.25, 0.3) is 0 Å². The first-order valence-corrected chi connectivity index (χ1v) is 8.63. The number of halogens is 1. The third-order valence-electron chi connectivity index (χ3n) is 3.94. The Balaban J connectivity index is 1.78. The van der Waals surface area contributed by atoms with Crippen LogP contribution < -0.4 is 10.2 Å². The maximum Gasteiger partial charge on any atom is 0.229 e. The Kier molecular flexibility index (Phi) is 4.93. The lowest BCUT2D eigenvalue weighted by molar-refractivity contribution is 0.726. The van der Waals surface area contributed by atoms with Crippen LogP contribution in [-0.2, 0) is 0 Å². The molecule has 2 heterocycles. The molecule has 1 aromatic carbocycles. The Morgan fingerprint density at radius 2 is 1.86 bits per heavy atom. The number of aryl methyl sites for hydroxylation is 1. The Morgan fingerprint density at radius 1 is 1.09 bits per heavy atom. The molecule has 0 bridgehead atoms. The van der Waals surface area contributed by atoms with Gasteiger partial charge in [-0.25, -0.2) is 4.98 Å². The van der Waals surface area contributed by atoms with E-state index in [1.807, 2.05) is 18.3 Å². The molecule has 116 valence electrons. The Bertz CT molecular complexity index is 636. The average Bonchev–Trinajstić information content (AvgIpc) is 2.80. The van der Waals surface area contributed by atoms with Crippen LogP contribution in [0.1, 0.15) is 31.2 Å². The molecule has 0 spiro atoms. The fraction of sp³-hybridized carbons (Fsp3) is 0.412. The summed E-state index contributed by atoms with van der Waals surface area (Å²) in [6, 6.07) is 8.20. The van der Waals surface area contributed by atoms with Crippen molar-refractivity contribution in [3.63, 3.8) is 0 Å². The highest BCUT2D eigenvalue weighted by Gasteiger charge is 2.12. The van der Waals surface area contributed by atoms with E-state index < -0.39 is 0 Å². The molecule has 1 aliphatic heterocycles. The van der Waals surface area contributed by atoms with Crippen molar-refractivity contribution in [1.82, 2.24) is 9.97 Å². The van der Waals surface area contributed by atoms with Crippen molar-refractivity contribution < 1.29 is 0 Å². The molecule has 5 heteroatoms. The molecule has 4 nitrogen and oxygen atoms in total. The lowest BCUT2D eigenvalue weighted by atomic mass is 10.2. The van der Waals surface area contributed by atoms with Gasteiger partial charge in [0, 0.05) is 23.8 Å². The normalized spacial score (nSPS) is 15.5. The van der Waals surface area contributed by atoms with Crippen molar-refractivity contribution in [2.24, 2.45) is 0 Å². The standard InChI is InChI=1S/C17H21BrN4/c1-13-6-7-15(14(18)12-13)20-17-19-9-8-16(21-17)22-10-4-2-3-5-11-22/h6-9,12H,2-5,10-11H2,1H3,(H,19,20,21). The van der Waals surface area contributed by atoms with Gasteiger partial charge in [-0.1, -0.05) is 18.9 Å². The highest BCUT2D eigenvalue weighted by atomic mass is 79.9. The SMILES string of the molecule is Cc1ccc(Nc2nccc(N3CCCCCC3)n2)c(Br)c1. The Morgan fingerprint density at radius 3 is 2.59 bits per heavy atom. The monoisotopic (exact) mass is 360 g/mol. The molecule has 0 aliphatic carbocycles. The van der Waals surface area contributed by atoms with Crippen LogP contribution >= 0.6 is 15.9 Å². The second-order valence-corrected chi connectivity index (χ2v) is 6.60. The summed E-state index contributed by atoms with van der Waals surface area (Å²) in [6.07, 6.45) is 6.97. The number of anilines is 3. The number of aromatic nitrogens is 2. The number of hydrogen-bond acceptors (Lipinski definition) is 4. The number of nitrogens with zero attached hydrogens (tertiary/aromatic N) is 3. The lowest BCUT2D eigenvalue weighted by Gasteiger charge is -2.21. The molecule has 0 saturated carbocycles. The summed E-state index contributed by atoms with van der Waals surface area (Å²) in [5.74, 6) is 1.66. The maximum absolute atomic E-state index is 4.68. The topological polar surface area (TPSA) is 41.1 Å². The van der Waals surface area contributed by atoms with Gasteiger partial charge in [-0.2, -0.15) is 4.98 Å². The van der Waals surface area contributed by atoms with E-state index in [0.717, 1.165) is 29.1 Å². The van der Waals surface area contributed by atoms with Crippen LogP contribution in [0.25, 0.3) is 0 Å². The molecule has 1 fully saturated rings. The third-order valence-corrected chi connectivity index (χ3v) is 4.60. The van der Waals surface area contributed by atoms with Gasteiger partial charge < -0.3 is 10.2 Å². The molecule has 1 saturated heterocycles. The van der Waals surface area contributed by atoms with E-state index in [1.54, 1.807) is 0 Å². The first-order chi connectivity index (χ1) is 10.7. The van der Waals surface area contributed by atoms with Crippen LogP contribution in [-0.4, -0.2) is 23.1 Å². The van der Waals surface area contributed by atoms with Crippen LogP contribution in [0.2, 0.25) is 0 Å². The van der Waals surface area contributed by atoms with Crippen molar-refractivity contribution in [1.29, 1.82) is 0 Å². The minimum atomic E-state index is 0.645. The molecule has 22 heavy (non-hydrogen) atoms. The molecule has 0 amide bonds. The van der Waals surface area contributed by atoms with E-state index >= 15 is 0 Å². The largest absolute Gasteiger partial charge is 0.356 e. The second kappa shape index (κ2) is 7.09. The van der Waals surface area contributed by atoms with Crippen molar-refractivity contribution >= 4 is 33.4 Å². The summed E-state index contributed by atoms with van der Waals surface area (Å²) in [5.41, 5.74) is 2.20. The number of benzene rings is 1. The van der Waals surface area contributed by atoms with Gasteiger partial charge >= 0.3 is 0 Å². The lowest BCUT2D eigenvalue weighted by Crippen LogP contribution is -2.25. The zero-order valence-corrected chi connectivity index (χ0v) is 14.4. The summed E-state index contributed by atoms with van der Waals surface area (Å²) in [6.45, 7) is 4.25. The van der Waals surface area contributed by atoms with E-state index in [1.165, 1.54) is 31.2 Å². The maximum atomic E-state index is 4.68. The van der Waals surface area contributed by atoms with Gasteiger partial charge in [0.1, 0.15) is 5.82 Å². The van der Waals surface area contributed by atoms with E-state index in [-0.39, 0.29) is 0 Å². The van der Waals surface area contributed by atoms with E-state index in [9.17, 15) is 0 Å². The van der Waals surface area contributed by atoms with E-state index in [2.05, 4.69) is 55.2 Å². The number of nitrogens with one attached hydrogen (secondary N) is 1. The fourth-order valence-electron chi connectivity index (χ4n) is 2.73. The zero-order chi connectivity index (χ0) is 15.4. The minimum Gasteiger partial charge on any atom is -0.356 e. The molecule has 1 aromatic heterocycles. The molecule has 0 radical (unpaired) electrons. The molecular formula is C17H21BrN4. The van der Waals surface area contributed by atoms with Gasteiger partial charge in [0.2, 0.25) is 5.95 Å². The number of hydrogen-bond donors (Lipinski definition) is 1. The molecule has 2 aromatic rings. The van der Waals surface area contributed by atoms with Gasteiger partial charge in [0.15, 0.2) is 0 Å². The summed E-state index contributed by atoms with van der Waals surface area (Å²) in [7, 11) is 0. The summed E-state index contributed by atoms with van der Waals surface area (Å²) in [5, 5.41) is 3.30. The van der Waals surface area contributed by atoms with Crippen LogP contribution in [0.4, 0.5) is 17.5 Å². The summed E-state index contributed by atoms with van der Waals surface area (Å²) >= 11 is 3.58. The predicted molar refractivity (Wildman–Crippen MR) is 94.9 cm³/mol. The van der Waals surface area contributed by atoms with Crippen LogP contribution in [0.15, 0.2) is 34.9 Å². The number of rotatable bonds is 3. The zero-order valence-electron chi connectivity index (χ0n) is 12.8. The molecule has 3 rings (SSSR count). The highest BCUT2D eigenvalue weighted by Crippen LogP contribution is 2.26. The average molecular weight is 361 g/mol. The molecule has 1 N–H and O–H groups in total. The van der Waals surface area contributed by atoms with E-state index in [4.69, 9.17) is 0 Å². The second-order valence-electron chi connectivity index (χ2n) is 5.75. The molecular weight excluding hydrogens is 340 g/mol. The first-order valence-electron chi connectivity index (χ1n) is 7.83. The Hall–Kier alpha value is -1.62. The fourth-order valence-corrected chi connectivity index (χ4v) is 3.32. The Labute approximate surface area is 140 Å². The van der Waals surface area contributed by atoms with Gasteiger partial charge in [0.05, 0.1) is 5.69 Å². The van der Waals surface area contributed by atoms with Crippen molar-refractivity contribution in [3.05, 3.63) is 40.5 Å². The molecule has 0 unspecified atom stereocenters. The van der Waals surface area contributed by atoms with Crippen molar-refractivity contribution in [2.75, 3.05) is 23.3 Å². The van der Waals surface area contributed by atoms with Crippen LogP contribution in [0, 0.1) is 6.92 Å². The van der Waals surface area contributed by atoms with Gasteiger partial charge in [-0.15, -0.1) is 0 Å². The van der Waals surface area contributed by atoms with E-state index in [0.29, 0.717) is 5.95 Å². The van der Waals surface area contributed by atoms with Gasteiger partial charge in [-0.3, -0.25) is 0 Å². The van der Waals surface area contributed by atoms with Crippen molar-refractivity contribution in [3.8, 4) is 0 Å². The predicted octanol–water partition coefficient (Wildman–Crippen LogP) is 4.67. The molecule has 0 atom stereocenters.